The Bertz CT molecular complexity index is 665. The van der Waals surface area contributed by atoms with Crippen LogP contribution in [0.4, 0.5) is 0 Å². The van der Waals surface area contributed by atoms with E-state index in [2.05, 4.69) is 33.4 Å². The number of rotatable bonds is 5. The highest BCUT2D eigenvalue weighted by molar-refractivity contribution is 7.11. The summed E-state index contributed by atoms with van der Waals surface area (Å²) in [6, 6.07) is 8.28. The van der Waals surface area contributed by atoms with Crippen molar-refractivity contribution in [2.75, 3.05) is 26.3 Å². The molecule has 3 rings (SSSR count). The quantitative estimate of drug-likeness (QED) is 0.913. The average Bonchev–Trinajstić information content (AvgIpc) is 3.01. The van der Waals surface area contributed by atoms with E-state index in [1.54, 1.807) is 5.51 Å². The minimum atomic E-state index is -0.0498. The Morgan fingerprint density at radius 1 is 1.30 bits per heavy atom. The molecule has 1 aliphatic rings. The first-order valence-corrected chi connectivity index (χ1v) is 8.67. The minimum Gasteiger partial charge on any atom is -0.379 e. The number of carbonyl (C=O) groups is 1. The van der Waals surface area contributed by atoms with Crippen molar-refractivity contribution in [3.8, 4) is 0 Å². The minimum absolute atomic E-state index is 0.0498. The third-order valence-electron chi connectivity index (χ3n) is 4.01. The van der Waals surface area contributed by atoms with Gasteiger partial charge in [-0.2, -0.15) is 0 Å². The normalized spacial score (nSPS) is 15.5. The molecule has 1 amide bonds. The molecule has 0 unspecified atom stereocenters. The molecular weight excluding hydrogens is 310 g/mol. The van der Waals surface area contributed by atoms with Gasteiger partial charge in [0.15, 0.2) is 0 Å². The SMILES string of the molecule is Cc1ncsc1C(=O)NCc1ccccc1CN1CCOCC1. The van der Waals surface area contributed by atoms with Crippen LogP contribution in [0.25, 0.3) is 0 Å². The van der Waals surface area contributed by atoms with Crippen molar-refractivity contribution in [1.82, 2.24) is 15.2 Å². The number of ether oxygens (including phenoxy) is 1. The predicted octanol–water partition coefficient (Wildman–Crippen LogP) is 2.21. The fourth-order valence-corrected chi connectivity index (χ4v) is 3.38. The molecule has 1 N–H and O–H groups in total. The van der Waals surface area contributed by atoms with E-state index in [0.29, 0.717) is 11.4 Å². The lowest BCUT2D eigenvalue weighted by molar-refractivity contribution is 0.0340. The molecule has 1 fully saturated rings. The number of morpholine rings is 1. The average molecular weight is 331 g/mol. The molecule has 122 valence electrons. The summed E-state index contributed by atoms with van der Waals surface area (Å²) in [7, 11) is 0. The lowest BCUT2D eigenvalue weighted by Crippen LogP contribution is -2.36. The first-order valence-electron chi connectivity index (χ1n) is 7.79. The molecule has 1 saturated heterocycles. The Labute approximate surface area is 140 Å². The summed E-state index contributed by atoms with van der Waals surface area (Å²) in [6.07, 6.45) is 0. The van der Waals surface area contributed by atoms with Gasteiger partial charge in [-0.05, 0) is 18.1 Å². The Morgan fingerprint density at radius 3 is 2.74 bits per heavy atom. The molecule has 0 radical (unpaired) electrons. The van der Waals surface area contributed by atoms with Crippen molar-refractivity contribution in [1.29, 1.82) is 0 Å². The highest BCUT2D eigenvalue weighted by Gasteiger charge is 2.14. The highest BCUT2D eigenvalue weighted by atomic mass is 32.1. The lowest BCUT2D eigenvalue weighted by Gasteiger charge is -2.27. The highest BCUT2D eigenvalue weighted by Crippen LogP contribution is 2.15. The lowest BCUT2D eigenvalue weighted by atomic mass is 10.1. The van der Waals surface area contributed by atoms with E-state index in [4.69, 9.17) is 4.74 Å². The number of amides is 1. The van der Waals surface area contributed by atoms with E-state index in [-0.39, 0.29) is 5.91 Å². The van der Waals surface area contributed by atoms with Crippen LogP contribution >= 0.6 is 11.3 Å². The molecule has 5 nitrogen and oxygen atoms in total. The van der Waals surface area contributed by atoms with Gasteiger partial charge in [-0.3, -0.25) is 9.69 Å². The summed E-state index contributed by atoms with van der Waals surface area (Å²) >= 11 is 1.38. The molecule has 2 heterocycles. The number of thiazole rings is 1. The number of carbonyl (C=O) groups excluding carboxylic acids is 1. The van der Waals surface area contributed by atoms with Gasteiger partial charge in [-0.1, -0.05) is 24.3 Å². The van der Waals surface area contributed by atoms with Crippen LogP contribution in [0.1, 0.15) is 26.5 Å². The van der Waals surface area contributed by atoms with Gasteiger partial charge in [0.1, 0.15) is 4.88 Å². The molecule has 0 atom stereocenters. The zero-order valence-corrected chi connectivity index (χ0v) is 14.1. The molecule has 2 aromatic rings. The van der Waals surface area contributed by atoms with Gasteiger partial charge in [0.2, 0.25) is 0 Å². The number of aromatic nitrogens is 1. The Morgan fingerprint density at radius 2 is 2.04 bits per heavy atom. The maximum absolute atomic E-state index is 12.2. The molecule has 1 aromatic heterocycles. The summed E-state index contributed by atoms with van der Waals surface area (Å²) in [5, 5.41) is 3.01. The third-order valence-corrected chi connectivity index (χ3v) is 4.93. The number of nitrogens with one attached hydrogen (secondary N) is 1. The van der Waals surface area contributed by atoms with Gasteiger partial charge in [-0.25, -0.2) is 4.98 Å². The molecular formula is C17H21N3O2S. The van der Waals surface area contributed by atoms with E-state index in [1.165, 1.54) is 16.9 Å². The second kappa shape index (κ2) is 7.68. The summed E-state index contributed by atoms with van der Waals surface area (Å²) < 4.78 is 5.40. The van der Waals surface area contributed by atoms with E-state index in [1.807, 2.05) is 13.0 Å². The van der Waals surface area contributed by atoms with E-state index in [9.17, 15) is 4.79 Å². The van der Waals surface area contributed by atoms with Crippen LogP contribution in [-0.2, 0) is 17.8 Å². The van der Waals surface area contributed by atoms with Gasteiger partial charge < -0.3 is 10.1 Å². The molecule has 0 aliphatic carbocycles. The summed E-state index contributed by atoms with van der Waals surface area (Å²) in [5.74, 6) is -0.0498. The van der Waals surface area contributed by atoms with Crippen LogP contribution in [-0.4, -0.2) is 42.1 Å². The summed E-state index contributed by atoms with van der Waals surface area (Å²) in [6.45, 7) is 6.80. The third kappa shape index (κ3) is 4.16. The molecule has 0 spiro atoms. The fourth-order valence-electron chi connectivity index (χ4n) is 2.66. The van der Waals surface area contributed by atoms with E-state index in [0.717, 1.165) is 44.1 Å². The zero-order chi connectivity index (χ0) is 16.1. The molecule has 6 heteroatoms. The monoisotopic (exact) mass is 331 g/mol. The maximum Gasteiger partial charge on any atom is 0.263 e. The second-order valence-electron chi connectivity index (χ2n) is 5.61. The van der Waals surface area contributed by atoms with Gasteiger partial charge in [0.25, 0.3) is 5.91 Å². The predicted molar refractivity (Wildman–Crippen MR) is 90.6 cm³/mol. The second-order valence-corrected chi connectivity index (χ2v) is 6.46. The standard InChI is InChI=1S/C17H21N3O2S/c1-13-16(23-12-19-13)17(21)18-10-14-4-2-3-5-15(14)11-20-6-8-22-9-7-20/h2-5,12H,6-11H2,1H3,(H,18,21). The molecule has 0 saturated carbocycles. The number of hydrogen-bond acceptors (Lipinski definition) is 5. The molecule has 1 aliphatic heterocycles. The van der Waals surface area contributed by atoms with Crippen molar-refractivity contribution in [3.05, 3.63) is 51.5 Å². The van der Waals surface area contributed by atoms with Crippen molar-refractivity contribution < 1.29 is 9.53 Å². The van der Waals surface area contributed by atoms with Crippen molar-refractivity contribution >= 4 is 17.2 Å². The van der Waals surface area contributed by atoms with Crippen LogP contribution in [0.15, 0.2) is 29.8 Å². The van der Waals surface area contributed by atoms with Gasteiger partial charge in [0.05, 0.1) is 24.4 Å². The first kappa shape index (κ1) is 16.1. The number of aryl methyl sites for hydroxylation is 1. The first-order chi connectivity index (χ1) is 11.2. The van der Waals surface area contributed by atoms with Gasteiger partial charge in [-0.15, -0.1) is 11.3 Å². The molecule has 23 heavy (non-hydrogen) atoms. The van der Waals surface area contributed by atoms with Crippen molar-refractivity contribution in [2.24, 2.45) is 0 Å². The van der Waals surface area contributed by atoms with Gasteiger partial charge in [0, 0.05) is 26.2 Å². The summed E-state index contributed by atoms with van der Waals surface area (Å²) in [4.78, 5) is 19.4. The largest absolute Gasteiger partial charge is 0.379 e. The Kier molecular flexibility index (Phi) is 5.38. The number of nitrogens with zero attached hydrogens (tertiary/aromatic N) is 2. The smallest absolute Gasteiger partial charge is 0.263 e. The number of hydrogen-bond donors (Lipinski definition) is 1. The topological polar surface area (TPSA) is 54.5 Å². The maximum atomic E-state index is 12.2. The van der Waals surface area contributed by atoms with Crippen LogP contribution in [0, 0.1) is 6.92 Å². The van der Waals surface area contributed by atoms with Crippen molar-refractivity contribution in [3.63, 3.8) is 0 Å². The molecule has 1 aromatic carbocycles. The van der Waals surface area contributed by atoms with Gasteiger partial charge >= 0.3 is 0 Å². The fraction of sp³-hybridized carbons (Fsp3) is 0.412. The Hall–Kier alpha value is -1.76. The van der Waals surface area contributed by atoms with Crippen LogP contribution < -0.4 is 5.32 Å². The van der Waals surface area contributed by atoms with E-state index >= 15 is 0 Å². The van der Waals surface area contributed by atoms with Crippen LogP contribution in [0.5, 0.6) is 0 Å². The summed E-state index contributed by atoms with van der Waals surface area (Å²) in [5.41, 5.74) is 4.91. The van der Waals surface area contributed by atoms with Crippen LogP contribution in [0.3, 0.4) is 0 Å². The zero-order valence-electron chi connectivity index (χ0n) is 13.2. The Balaban J connectivity index is 1.63. The number of benzene rings is 1. The van der Waals surface area contributed by atoms with Crippen LogP contribution in [0.2, 0.25) is 0 Å². The molecule has 0 bridgehead atoms. The van der Waals surface area contributed by atoms with E-state index < -0.39 is 0 Å². The van der Waals surface area contributed by atoms with Crippen molar-refractivity contribution in [2.45, 2.75) is 20.0 Å².